The minimum absolute atomic E-state index is 0.0220. The number of piperidine rings is 1. The summed E-state index contributed by atoms with van der Waals surface area (Å²) >= 11 is 0. The number of hydrogen-bond donors (Lipinski definition) is 0. The molecule has 2 unspecified atom stereocenters. The standard InChI is InChI=1S/C19H21NO4/c21-16-9-14-6-7-15(10-16)20(14)19(22)18-12-23-11-17(24-18)8-13-4-2-1-3-5-13/h1-2,4,11-12,14-15H,3,5-10H2. The van der Waals surface area contributed by atoms with Gasteiger partial charge >= 0.3 is 0 Å². The Balaban J connectivity index is 1.42. The van der Waals surface area contributed by atoms with Crippen molar-refractivity contribution < 1.29 is 19.1 Å². The number of fused-ring (bicyclic) bond motifs is 2. The Kier molecular flexibility index (Phi) is 4.00. The Hall–Kier alpha value is -2.30. The van der Waals surface area contributed by atoms with E-state index in [-0.39, 0.29) is 29.5 Å². The van der Waals surface area contributed by atoms with E-state index in [1.807, 2.05) is 11.0 Å². The first-order chi connectivity index (χ1) is 11.7. The monoisotopic (exact) mass is 327 g/mol. The van der Waals surface area contributed by atoms with Crippen molar-refractivity contribution in [3.8, 4) is 0 Å². The predicted octanol–water partition coefficient (Wildman–Crippen LogP) is 3.11. The van der Waals surface area contributed by atoms with Gasteiger partial charge in [0.1, 0.15) is 24.1 Å². The fraction of sp³-hybridized carbons (Fsp3) is 0.474. The largest absolute Gasteiger partial charge is 0.465 e. The molecular weight excluding hydrogens is 306 g/mol. The molecule has 1 aliphatic carbocycles. The lowest BCUT2D eigenvalue weighted by Gasteiger charge is -2.34. The minimum atomic E-state index is -0.155. The molecule has 2 fully saturated rings. The quantitative estimate of drug-likeness (QED) is 0.799. The smallest absolute Gasteiger partial charge is 0.293 e. The molecule has 0 saturated carbocycles. The van der Waals surface area contributed by atoms with Gasteiger partial charge in [0.25, 0.3) is 5.91 Å². The van der Waals surface area contributed by atoms with Crippen LogP contribution in [0.25, 0.3) is 0 Å². The highest BCUT2D eigenvalue weighted by Crippen LogP contribution is 2.36. The summed E-state index contributed by atoms with van der Waals surface area (Å²) < 4.78 is 11.2. The molecule has 0 aromatic rings. The van der Waals surface area contributed by atoms with Gasteiger partial charge in [-0.2, -0.15) is 0 Å². The van der Waals surface area contributed by atoms with Crippen LogP contribution in [0.2, 0.25) is 0 Å². The lowest BCUT2D eigenvalue weighted by atomic mass is 10.0. The summed E-state index contributed by atoms with van der Waals surface area (Å²) in [6, 6.07) is 0.0441. The first-order valence-corrected chi connectivity index (χ1v) is 8.62. The number of ketones is 1. The highest BCUT2D eigenvalue weighted by Gasteiger charge is 2.44. The van der Waals surface area contributed by atoms with Gasteiger partial charge in [0.15, 0.2) is 0 Å². The molecule has 4 rings (SSSR count). The van der Waals surface area contributed by atoms with E-state index in [0.717, 1.165) is 25.7 Å². The second kappa shape index (κ2) is 6.30. The summed E-state index contributed by atoms with van der Waals surface area (Å²) in [6.07, 6.45) is 14.6. The first kappa shape index (κ1) is 15.2. The lowest BCUT2D eigenvalue weighted by Crippen LogP contribution is -2.47. The number of rotatable bonds is 3. The van der Waals surface area contributed by atoms with E-state index < -0.39 is 0 Å². The Labute approximate surface area is 141 Å². The van der Waals surface area contributed by atoms with Gasteiger partial charge in [-0.25, -0.2) is 0 Å². The molecule has 5 nitrogen and oxygen atoms in total. The zero-order valence-corrected chi connectivity index (χ0v) is 13.6. The molecule has 0 spiro atoms. The SMILES string of the molecule is O=C1CC2CCC(C1)N2C(=O)C1=COC=C(CC2=CC=CCC2)O1. The number of carbonyl (C=O) groups excluding carboxylic acids is 2. The van der Waals surface area contributed by atoms with E-state index in [1.54, 1.807) is 6.26 Å². The highest BCUT2D eigenvalue weighted by molar-refractivity contribution is 5.94. The Morgan fingerprint density at radius 3 is 2.71 bits per heavy atom. The van der Waals surface area contributed by atoms with Crippen LogP contribution < -0.4 is 0 Å². The van der Waals surface area contributed by atoms with E-state index >= 15 is 0 Å². The Bertz CT molecular complexity index is 669. The number of Topliss-reactive ketones (excluding diaryl/α,β-unsaturated/α-hetero) is 1. The maximum atomic E-state index is 12.8. The van der Waals surface area contributed by atoms with Crippen LogP contribution in [0.4, 0.5) is 0 Å². The van der Waals surface area contributed by atoms with Gasteiger partial charge in [-0.15, -0.1) is 0 Å². The number of carbonyl (C=O) groups is 2. The fourth-order valence-corrected chi connectivity index (χ4v) is 3.99. The van der Waals surface area contributed by atoms with Crippen molar-refractivity contribution in [1.29, 1.82) is 0 Å². The fourth-order valence-electron chi connectivity index (χ4n) is 3.99. The molecule has 2 atom stereocenters. The van der Waals surface area contributed by atoms with Crippen molar-refractivity contribution in [2.45, 2.75) is 57.0 Å². The molecule has 0 radical (unpaired) electrons. The van der Waals surface area contributed by atoms with Gasteiger partial charge < -0.3 is 14.4 Å². The average Bonchev–Trinajstić information content (AvgIpc) is 2.87. The number of nitrogens with zero attached hydrogens (tertiary/aromatic N) is 1. The van der Waals surface area contributed by atoms with Crippen LogP contribution in [-0.4, -0.2) is 28.7 Å². The van der Waals surface area contributed by atoms with Crippen molar-refractivity contribution in [2.75, 3.05) is 0 Å². The van der Waals surface area contributed by atoms with E-state index in [9.17, 15) is 9.59 Å². The van der Waals surface area contributed by atoms with Crippen molar-refractivity contribution in [2.24, 2.45) is 0 Å². The lowest BCUT2D eigenvalue weighted by molar-refractivity contribution is -0.138. The van der Waals surface area contributed by atoms with Gasteiger partial charge in [0.05, 0.1) is 0 Å². The molecule has 0 N–H and O–H groups in total. The zero-order chi connectivity index (χ0) is 16.5. The third-order valence-electron chi connectivity index (χ3n) is 5.11. The van der Waals surface area contributed by atoms with Crippen molar-refractivity contribution in [3.63, 3.8) is 0 Å². The molecule has 126 valence electrons. The van der Waals surface area contributed by atoms with Crippen LogP contribution in [0, 0.1) is 0 Å². The number of ether oxygens (including phenoxy) is 2. The molecule has 0 aromatic heterocycles. The van der Waals surface area contributed by atoms with E-state index in [4.69, 9.17) is 9.47 Å². The first-order valence-electron chi connectivity index (χ1n) is 8.62. The molecule has 2 bridgehead atoms. The number of amides is 1. The van der Waals surface area contributed by atoms with Crippen LogP contribution in [0.1, 0.15) is 44.9 Å². The molecule has 5 heteroatoms. The topological polar surface area (TPSA) is 55.8 Å². The molecule has 3 heterocycles. The van der Waals surface area contributed by atoms with Gasteiger partial charge in [-0.3, -0.25) is 9.59 Å². The van der Waals surface area contributed by atoms with Gasteiger partial charge in [0.2, 0.25) is 5.76 Å². The van der Waals surface area contributed by atoms with Crippen LogP contribution in [-0.2, 0) is 19.1 Å². The van der Waals surface area contributed by atoms with Crippen LogP contribution in [0.5, 0.6) is 0 Å². The summed E-state index contributed by atoms with van der Waals surface area (Å²) in [5.74, 6) is 0.992. The maximum Gasteiger partial charge on any atom is 0.293 e. The van der Waals surface area contributed by atoms with E-state index in [0.29, 0.717) is 25.0 Å². The molecule has 3 aliphatic heterocycles. The second-order valence-corrected chi connectivity index (χ2v) is 6.82. The molecule has 2 saturated heterocycles. The van der Waals surface area contributed by atoms with Gasteiger partial charge in [-0.05, 0) is 25.7 Å². The molecule has 0 aromatic carbocycles. The summed E-state index contributed by atoms with van der Waals surface area (Å²) in [6.45, 7) is 0. The molecule has 24 heavy (non-hydrogen) atoms. The highest BCUT2D eigenvalue weighted by atomic mass is 16.5. The van der Waals surface area contributed by atoms with Crippen LogP contribution in [0.15, 0.2) is 47.8 Å². The van der Waals surface area contributed by atoms with Crippen molar-refractivity contribution >= 4 is 11.7 Å². The number of hydrogen-bond acceptors (Lipinski definition) is 4. The van der Waals surface area contributed by atoms with Gasteiger partial charge in [0, 0.05) is 31.3 Å². The average molecular weight is 327 g/mol. The van der Waals surface area contributed by atoms with Crippen molar-refractivity contribution in [1.82, 2.24) is 4.90 Å². The molecule has 4 aliphatic rings. The summed E-state index contributed by atoms with van der Waals surface area (Å²) in [4.78, 5) is 26.4. The second-order valence-electron chi connectivity index (χ2n) is 6.82. The maximum absolute atomic E-state index is 12.8. The summed E-state index contributed by atoms with van der Waals surface area (Å²) in [5.41, 5.74) is 1.27. The third-order valence-corrected chi connectivity index (χ3v) is 5.11. The van der Waals surface area contributed by atoms with Crippen LogP contribution >= 0.6 is 0 Å². The third kappa shape index (κ3) is 2.90. The molecular formula is C19H21NO4. The summed E-state index contributed by atoms with van der Waals surface area (Å²) in [7, 11) is 0. The van der Waals surface area contributed by atoms with Crippen molar-refractivity contribution in [3.05, 3.63) is 47.8 Å². The predicted molar refractivity (Wildman–Crippen MR) is 87.3 cm³/mol. The normalized spacial score (nSPS) is 28.6. The number of allylic oxidation sites excluding steroid dienone is 4. The van der Waals surface area contributed by atoms with Crippen LogP contribution in [0.3, 0.4) is 0 Å². The Morgan fingerprint density at radius 2 is 2.00 bits per heavy atom. The van der Waals surface area contributed by atoms with E-state index in [1.165, 1.54) is 11.8 Å². The Morgan fingerprint density at radius 1 is 1.21 bits per heavy atom. The zero-order valence-electron chi connectivity index (χ0n) is 13.6. The van der Waals surface area contributed by atoms with E-state index in [2.05, 4.69) is 12.2 Å². The molecule has 1 amide bonds. The minimum Gasteiger partial charge on any atom is -0.465 e. The summed E-state index contributed by atoms with van der Waals surface area (Å²) in [5, 5.41) is 0. The van der Waals surface area contributed by atoms with Gasteiger partial charge in [-0.1, -0.05) is 23.8 Å².